The van der Waals surface area contributed by atoms with Gasteiger partial charge in [-0.3, -0.25) is 4.98 Å². The van der Waals surface area contributed by atoms with Crippen LogP contribution in [-0.2, 0) is 11.3 Å². The molecule has 1 aromatic carbocycles. The van der Waals surface area contributed by atoms with Gasteiger partial charge in [-0.1, -0.05) is 30.3 Å². The molecule has 2 nitrogen and oxygen atoms in total. The molecular weight excluding hydrogens is 222 g/mol. The number of hydrogen-bond donors (Lipinski definition) is 0. The molecule has 0 radical (unpaired) electrons. The highest BCUT2D eigenvalue weighted by molar-refractivity contribution is 5.68. The van der Waals surface area contributed by atoms with Crippen molar-refractivity contribution in [1.82, 2.24) is 4.98 Å². The topological polar surface area (TPSA) is 22.1 Å². The molecule has 2 aromatic rings. The van der Waals surface area contributed by atoms with Gasteiger partial charge in [0.15, 0.2) is 0 Å². The lowest BCUT2D eigenvalue weighted by Gasteiger charge is -2.01. The van der Waals surface area contributed by atoms with E-state index in [0.717, 1.165) is 17.0 Å². The molecule has 0 aliphatic heterocycles. The molecule has 1 heterocycles. The van der Waals surface area contributed by atoms with E-state index in [4.69, 9.17) is 4.74 Å². The molecule has 2 heteroatoms. The van der Waals surface area contributed by atoms with Gasteiger partial charge in [-0.15, -0.1) is 0 Å². The standard InChI is InChI=1S/C16H17NO/c1-13-5-3-8-16(17-13)10-9-14-6-4-7-15(11-14)12-18-2/h3-11H,12H2,1-2H3/b10-9+. The molecule has 0 saturated carbocycles. The first-order valence-corrected chi connectivity index (χ1v) is 5.97. The number of methoxy groups -OCH3 is 1. The smallest absolute Gasteiger partial charge is 0.0713 e. The highest BCUT2D eigenvalue weighted by Gasteiger charge is 1.93. The van der Waals surface area contributed by atoms with E-state index in [9.17, 15) is 0 Å². The zero-order valence-electron chi connectivity index (χ0n) is 10.8. The fraction of sp³-hybridized carbons (Fsp3) is 0.188. The summed E-state index contributed by atoms with van der Waals surface area (Å²) in [6, 6.07) is 14.3. The summed E-state index contributed by atoms with van der Waals surface area (Å²) in [4.78, 5) is 4.44. The Hall–Kier alpha value is -1.93. The molecule has 0 atom stereocenters. The van der Waals surface area contributed by atoms with E-state index in [1.54, 1.807) is 7.11 Å². The first-order chi connectivity index (χ1) is 8.78. The number of rotatable bonds is 4. The number of hydrogen-bond acceptors (Lipinski definition) is 2. The van der Waals surface area contributed by atoms with Gasteiger partial charge in [-0.2, -0.15) is 0 Å². The van der Waals surface area contributed by atoms with Gasteiger partial charge in [0.05, 0.1) is 12.3 Å². The fourth-order valence-electron chi connectivity index (χ4n) is 1.79. The molecule has 0 aliphatic carbocycles. The Morgan fingerprint density at radius 2 is 1.94 bits per heavy atom. The van der Waals surface area contributed by atoms with Gasteiger partial charge in [-0.05, 0) is 42.3 Å². The minimum atomic E-state index is 0.643. The van der Waals surface area contributed by atoms with Gasteiger partial charge in [0, 0.05) is 12.8 Å². The highest BCUT2D eigenvalue weighted by atomic mass is 16.5. The third-order valence-corrected chi connectivity index (χ3v) is 2.62. The Bertz CT molecular complexity index is 546. The molecule has 1 aromatic heterocycles. The van der Waals surface area contributed by atoms with Gasteiger partial charge in [0.25, 0.3) is 0 Å². The number of pyridine rings is 1. The minimum absolute atomic E-state index is 0.643. The summed E-state index contributed by atoms with van der Waals surface area (Å²) in [5.74, 6) is 0. The van der Waals surface area contributed by atoms with Crippen LogP contribution in [0, 0.1) is 6.92 Å². The van der Waals surface area contributed by atoms with Gasteiger partial charge in [0.2, 0.25) is 0 Å². The first-order valence-electron chi connectivity index (χ1n) is 5.97. The molecule has 0 unspecified atom stereocenters. The van der Waals surface area contributed by atoms with Gasteiger partial charge in [0.1, 0.15) is 0 Å². The van der Waals surface area contributed by atoms with Crippen molar-refractivity contribution in [1.29, 1.82) is 0 Å². The summed E-state index contributed by atoms with van der Waals surface area (Å²) in [5, 5.41) is 0. The number of ether oxygens (including phenoxy) is 1. The molecule has 92 valence electrons. The van der Waals surface area contributed by atoms with E-state index in [0.29, 0.717) is 6.61 Å². The van der Waals surface area contributed by atoms with Crippen LogP contribution in [0.4, 0.5) is 0 Å². The first kappa shape index (κ1) is 12.5. The van der Waals surface area contributed by atoms with Crippen LogP contribution in [0.25, 0.3) is 12.2 Å². The molecule has 18 heavy (non-hydrogen) atoms. The second kappa shape index (κ2) is 6.12. The maximum atomic E-state index is 5.12. The summed E-state index contributed by atoms with van der Waals surface area (Å²) >= 11 is 0. The molecule has 0 aliphatic rings. The van der Waals surface area contributed by atoms with E-state index in [-0.39, 0.29) is 0 Å². The van der Waals surface area contributed by atoms with Crippen LogP contribution in [0.1, 0.15) is 22.5 Å². The summed E-state index contributed by atoms with van der Waals surface area (Å²) < 4.78 is 5.12. The van der Waals surface area contributed by atoms with E-state index < -0.39 is 0 Å². The predicted molar refractivity (Wildman–Crippen MR) is 75.1 cm³/mol. The van der Waals surface area contributed by atoms with Crippen LogP contribution >= 0.6 is 0 Å². The number of nitrogens with zero attached hydrogens (tertiary/aromatic N) is 1. The highest BCUT2D eigenvalue weighted by Crippen LogP contribution is 2.10. The largest absolute Gasteiger partial charge is 0.380 e. The van der Waals surface area contributed by atoms with Crippen molar-refractivity contribution >= 4 is 12.2 Å². The van der Waals surface area contributed by atoms with Crippen molar-refractivity contribution < 1.29 is 4.74 Å². The lowest BCUT2D eigenvalue weighted by Crippen LogP contribution is -1.87. The lowest BCUT2D eigenvalue weighted by molar-refractivity contribution is 0.185. The summed E-state index contributed by atoms with van der Waals surface area (Å²) in [6.07, 6.45) is 4.10. The Kier molecular flexibility index (Phi) is 4.26. The Morgan fingerprint density at radius 3 is 2.72 bits per heavy atom. The van der Waals surface area contributed by atoms with E-state index in [1.807, 2.05) is 37.3 Å². The third kappa shape index (κ3) is 3.54. The van der Waals surface area contributed by atoms with Crippen LogP contribution in [-0.4, -0.2) is 12.1 Å². The van der Waals surface area contributed by atoms with Crippen molar-refractivity contribution in [3.63, 3.8) is 0 Å². The normalized spacial score (nSPS) is 11.0. The van der Waals surface area contributed by atoms with E-state index in [2.05, 4.69) is 29.3 Å². The van der Waals surface area contributed by atoms with Crippen molar-refractivity contribution in [2.24, 2.45) is 0 Å². The SMILES string of the molecule is COCc1cccc(/C=C/c2cccc(C)n2)c1. The number of aromatic nitrogens is 1. The van der Waals surface area contributed by atoms with Gasteiger partial charge < -0.3 is 4.74 Å². The second-order valence-electron chi connectivity index (χ2n) is 4.22. The molecule has 2 rings (SSSR count). The molecule has 0 fully saturated rings. The molecule has 0 bridgehead atoms. The van der Waals surface area contributed by atoms with Crippen molar-refractivity contribution in [2.45, 2.75) is 13.5 Å². The quantitative estimate of drug-likeness (QED) is 0.811. The average molecular weight is 239 g/mol. The van der Waals surface area contributed by atoms with Crippen molar-refractivity contribution in [2.75, 3.05) is 7.11 Å². The molecule has 0 saturated heterocycles. The molecule has 0 amide bonds. The average Bonchev–Trinajstić information content (AvgIpc) is 2.37. The lowest BCUT2D eigenvalue weighted by atomic mass is 10.1. The van der Waals surface area contributed by atoms with Crippen LogP contribution in [0.5, 0.6) is 0 Å². The Balaban J connectivity index is 2.15. The monoisotopic (exact) mass is 239 g/mol. The maximum Gasteiger partial charge on any atom is 0.0713 e. The third-order valence-electron chi connectivity index (χ3n) is 2.62. The minimum Gasteiger partial charge on any atom is -0.380 e. The number of benzene rings is 1. The van der Waals surface area contributed by atoms with Crippen LogP contribution < -0.4 is 0 Å². The van der Waals surface area contributed by atoms with Crippen LogP contribution in [0.3, 0.4) is 0 Å². The maximum absolute atomic E-state index is 5.12. The van der Waals surface area contributed by atoms with Gasteiger partial charge >= 0.3 is 0 Å². The van der Waals surface area contributed by atoms with Gasteiger partial charge in [-0.25, -0.2) is 0 Å². The summed E-state index contributed by atoms with van der Waals surface area (Å²) in [5.41, 5.74) is 4.35. The van der Waals surface area contributed by atoms with Crippen molar-refractivity contribution in [3.8, 4) is 0 Å². The predicted octanol–water partition coefficient (Wildman–Crippen LogP) is 3.71. The second-order valence-corrected chi connectivity index (χ2v) is 4.22. The zero-order chi connectivity index (χ0) is 12.8. The fourth-order valence-corrected chi connectivity index (χ4v) is 1.79. The molecular formula is C16H17NO. The Labute approximate surface area is 108 Å². The zero-order valence-corrected chi connectivity index (χ0v) is 10.8. The van der Waals surface area contributed by atoms with Crippen LogP contribution in [0.2, 0.25) is 0 Å². The van der Waals surface area contributed by atoms with E-state index in [1.165, 1.54) is 5.56 Å². The van der Waals surface area contributed by atoms with Crippen LogP contribution in [0.15, 0.2) is 42.5 Å². The molecule has 0 spiro atoms. The van der Waals surface area contributed by atoms with Crippen molar-refractivity contribution in [3.05, 3.63) is 65.0 Å². The number of aryl methyl sites for hydroxylation is 1. The Morgan fingerprint density at radius 1 is 1.11 bits per heavy atom. The summed E-state index contributed by atoms with van der Waals surface area (Å²) in [6.45, 7) is 2.64. The molecule has 0 N–H and O–H groups in total. The summed E-state index contributed by atoms with van der Waals surface area (Å²) in [7, 11) is 1.71. The van der Waals surface area contributed by atoms with E-state index >= 15 is 0 Å².